The lowest BCUT2D eigenvalue weighted by Crippen LogP contribution is -2.12. The van der Waals surface area contributed by atoms with Gasteiger partial charge in [0.2, 0.25) is 0 Å². The molecule has 19 heavy (non-hydrogen) atoms. The third kappa shape index (κ3) is 3.25. The Hall–Kier alpha value is -1.13. The van der Waals surface area contributed by atoms with Gasteiger partial charge in [0, 0.05) is 34.3 Å². The van der Waals surface area contributed by atoms with Crippen LogP contribution in [-0.4, -0.2) is 5.16 Å². The van der Waals surface area contributed by atoms with Crippen LogP contribution < -0.4 is 5.32 Å². The molecule has 0 aromatic carbocycles. The van der Waals surface area contributed by atoms with E-state index in [4.69, 9.17) is 4.52 Å². The van der Waals surface area contributed by atoms with Crippen molar-refractivity contribution in [3.05, 3.63) is 39.4 Å². The number of nitrogens with one attached hydrogen (secondary N) is 1. The van der Waals surface area contributed by atoms with E-state index in [1.54, 1.807) is 6.26 Å². The zero-order valence-electron chi connectivity index (χ0n) is 11.3. The Morgan fingerprint density at radius 3 is 2.95 bits per heavy atom. The van der Waals surface area contributed by atoms with Gasteiger partial charge in [-0.3, -0.25) is 0 Å². The SMILES string of the molecule is CCCc1ccc(CNCc2conc2C2CC2)s1. The maximum atomic E-state index is 5.10. The van der Waals surface area contributed by atoms with Crippen molar-refractivity contribution in [3.8, 4) is 0 Å². The Morgan fingerprint density at radius 2 is 2.16 bits per heavy atom. The van der Waals surface area contributed by atoms with Gasteiger partial charge in [0.25, 0.3) is 0 Å². The molecule has 3 rings (SSSR count). The fourth-order valence-electron chi connectivity index (χ4n) is 2.31. The smallest absolute Gasteiger partial charge is 0.128 e. The van der Waals surface area contributed by atoms with Crippen LogP contribution in [0.5, 0.6) is 0 Å². The lowest BCUT2D eigenvalue weighted by Gasteiger charge is -2.02. The molecule has 1 N–H and O–H groups in total. The molecule has 0 saturated heterocycles. The highest BCUT2D eigenvalue weighted by molar-refractivity contribution is 7.11. The Balaban J connectivity index is 1.50. The van der Waals surface area contributed by atoms with Crippen LogP contribution in [0.3, 0.4) is 0 Å². The van der Waals surface area contributed by atoms with Crippen LogP contribution in [-0.2, 0) is 19.5 Å². The first-order valence-corrected chi connectivity index (χ1v) is 7.90. The molecule has 0 bridgehead atoms. The minimum atomic E-state index is 0.661. The van der Waals surface area contributed by atoms with E-state index >= 15 is 0 Å². The summed E-state index contributed by atoms with van der Waals surface area (Å²) in [5, 5.41) is 7.61. The molecule has 4 heteroatoms. The standard InChI is InChI=1S/C15H20N2OS/c1-2-3-13-6-7-14(19-13)9-16-8-12-10-18-17-15(12)11-4-5-11/h6-7,10-11,16H,2-5,8-9H2,1H3. The summed E-state index contributed by atoms with van der Waals surface area (Å²) in [6.45, 7) is 4.02. The van der Waals surface area contributed by atoms with Crippen LogP contribution >= 0.6 is 11.3 Å². The fraction of sp³-hybridized carbons (Fsp3) is 0.533. The Kier molecular flexibility index (Phi) is 3.99. The number of aryl methyl sites for hydroxylation is 1. The van der Waals surface area contributed by atoms with Gasteiger partial charge >= 0.3 is 0 Å². The summed E-state index contributed by atoms with van der Waals surface area (Å²) < 4.78 is 5.10. The number of thiophene rings is 1. The van der Waals surface area contributed by atoms with Crippen molar-refractivity contribution in [2.24, 2.45) is 0 Å². The van der Waals surface area contributed by atoms with Crippen LogP contribution in [0.1, 0.15) is 53.1 Å². The summed E-state index contributed by atoms with van der Waals surface area (Å²) in [6.07, 6.45) is 6.74. The molecule has 0 spiro atoms. The first kappa shape index (κ1) is 12.9. The molecule has 102 valence electrons. The van der Waals surface area contributed by atoms with Crippen LogP contribution in [0.2, 0.25) is 0 Å². The Labute approximate surface area is 118 Å². The highest BCUT2D eigenvalue weighted by Gasteiger charge is 2.28. The van der Waals surface area contributed by atoms with Gasteiger partial charge in [0.1, 0.15) is 6.26 Å². The third-order valence-electron chi connectivity index (χ3n) is 3.47. The Bertz CT molecular complexity index is 528. The van der Waals surface area contributed by atoms with Crippen LogP contribution in [0.4, 0.5) is 0 Å². The molecule has 0 aliphatic heterocycles. The lowest BCUT2D eigenvalue weighted by atomic mass is 10.2. The van der Waals surface area contributed by atoms with Crippen molar-refractivity contribution in [2.45, 2.75) is 51.6 Å². The van der Waals surface area contributed by atoms with Crippen molar-refractivity contribution < 1.29 is 4.52 Å². The molecule has 0 atom stereocenters. The zero-order valence-corrected chi connectivity index (χ0v) is 12.1. The van der Waals surface area contributed by atoms with E-state index in [2.05, 4.69) is 29.5 Å². The second-order valence-corrected chi connectivity index (χ2v) is 6.47. The molecule has 3 nitrogen and oxygen atoms in total. The summed E-state index contributed by atoms with van der Waals surface area (Å²) in [5.41, 5.74) is 2.40. The van der Waals surface area contributed by atoms with E-state index in [-0.39, 0.29) is 0 Å². The second-order valence-electron chi connectivity index (χ2n) is 5.22. The number of hydrogen-bond acceptors (Lipinski definition) is 4. The molecule has 2 aromatic rings. The van der Waals surface area contributed by atoms with Gasteiger partial charge in [0.05, 0.1) is 5.69 Å². The largest absolute Gasteiger partial charge is 0.364 e. The van der Waals surface area contributed by atoms with Crippen LogP contribution in [0, 0.1) is 0 Å². The van der Waals surface area contributed by atoms with Gasteiger partial charge in [-0.15, -0.1) is 11.3 Å². The molecule has 2 heterocycles. The summed E-state index contributed by atoms with van der Waals surface area (Å²) in [4.78, 5) is 2.90. The molecule has 0 unspecified atom stereocenters. The molecule has 0 radical (unpaired) electrons. The van der Waals surface area contributed by atoms with Crippen LogP contribution in [0.25, 0.3) is 0 Å². The molecule has 1 aliphatic rings. The van der Waals surface area contributed by atoms with Gasteiger partial charge in [0.15, 0.2) is 0 Å². The summed E-state index contributed by atoms with van der Waals surface area (Å²) in [6, 6.07) is 4.48. The average molecular weight is 276 g/mol. The number of hydrogen-bond donors (Lipinski definition) is 1. The van der Waals surface area contributed by atoms with Crippen LogP contribution in [0.15, 0.2) is 22.9 Å². The fourth-order valence-corrected chi connectivity index (χ4v) is 3.40. The van der Waals surface area contributed by atoms with Crippen molar-refractivity contribution in [1.82, 2.24) is 10.5 Å². The predicted molar refractivity (Wildman–Crippen MR) is 77.3 cm³/mol. The predicted octanol–water partition coefficient (Wildman–Crippen LogP) is 3.86. The van der Waals surface area contributed by atoms with E-state index < -0.39 is 0 Å². The minimum Gasteiger partial charge on any atom is -0.364 e. The molecule has 1 saturated carbocycles. The number of aromatic nitrogens is 1. The third-order valence-corrected chi connectivity index (χ3v) is 4.61. The van der Waals surface area contributed by atoms with E-state index in [0.717, 1.165) is 13.1 Å². The lowest BCUT2D eigenvalue weighted by molar-refractivity contribution is 0.411. The monoisotopic (exact) mass is 276 g/mol. The van der Waals surface area contributed by atoms with Gasteiger partial charge in [-0.2, -0.15) is 0 Å². The zero-order chi connectivity index (χ0) is 13.1. The normalized spacial score (nSPS) is 15.0. The number of rotatable bonds is 7. The van der Waals surface area contributed by atoms with Crippen molar-refractivity contribution >= 4 is 11.3 Å². The van der Waals surface area contributed by atoms with Crippen molar-refractivity contribution in [3.63, 3.8) is 0 Å². The van der Waals surface area contributed by atoms with Gasteiger partial charge in [-0.25, -0.2) is 0 Å². The maximum absolute atomic E-state index is 5.10. The molecule has 2 aromatic heterocycles. The van der Waals surface area contributed by atoms with E-state index in [1.807, 2.05) is 11.3 Å². The van der Waals surface area contributed by atoms with Gasteiger partial charge < -0.3 is 9.84 Å². The number of nitrogens with zero attached hydrogens (tertiary/aromatic N) is 1. The minimum absolute atomic E-state index is 0.661. The topological polar surface area (TPSA) is 38.1 Å². The van der Waals surface area contributed by atoms with E-state index in [1.165, 1.54) is 46.7 Å². The van der Waals surface area contributed by atoms with E-state index in [9.17, 15) is 0 Å². The molecule has 0 amide bonds. The van der Waals surface area contributed by atoms with E-state index in [0.29, 0.717) is 5.92 Å². The van der Waals surface area contributed by atoms with Gasteiger partial charge in [-0.1, -0.05) is 18.5 Å². The first-order chi connectivity index (χ1) is 9.36. The van der Waals surface area contributed by atoms with Crippen molar-refractivity contribution in [2.75, 3.05) is 0 Å². The molecule has 1 fully saturated rings. The quantitative estimate of drug-likeness (QED) is 0.834. The highest BCUT2D eigenvalue weighted by Crippen LogP contribution is 2.40. The average Bonchev–Trinajstić information content (AvgIpc) is 2.98. The highest BCUT2D eigenvalue weighted by atomic mass is 32.1. The summed E-state index contributed by atoms with van der Waals surface area (Å²) >= 11 is 1.92. The first-order valence-electron chi connectivity index (χ1n) is 7.08. The summed E-state index contributed by atoms with van der Waals surface area (Å²) in [5.74, 6) is 0.661. The molecular formula is C15H20N2OS. The maximum Gasteiger partial charge on any atom is 0.128 e. The van der Waals surface area contributed by atoms with Crippen molar-refractivity contribution in [1.29, 1.82) is 0 Å². The summed E-state index contributed by atoms with van der Waals surface area (Å²) in [7, 11) is 0. The Morgan fingerprint density at radius 1 is 1.32 bits per heavy atom. The second kappa shape index (κ2) is 5.88. The van der Waals surface area contributed by atoms with Gasteiger partial charge in [-0.05, 0) is 31.4 Å². The molecular weight excluding hydrogens is 256 g/mol. The molecule has 1 aliphatic carbocycles.